The van der Waals surface area contributed by atoms with E-state index in [2.05, 4.69) is 15.3 Å². The number of halogens is 1. The van der Waals surface area contributed by atoms with Gasteiger partial charge in [0.25, 0.3) is 0 Å². The van der Waals surface area contributed by atoms with Gasteiger partial charge < -0.3 is 5.32 Å². The normalized spacial score (nSPS) is 10.5. The molecule has 0 radical (unpaired) electrons. The molecule has 15 heavy (non-hydrogen) atoms. The lowest BCUT2D eigenvalue weighted by molar-refractivity contribution is 0.625. The summed E-state index contributed by atoms with van der Waals surface area (Å²) in [6.45, 7) is 0.685. The van der Waals surface area contributed by atoms with Crippen LogP contribution >= 0.6 is 11.3 Å². The summed E-state index contributed by atoms with van der Waals surface area (Å²) in [4.78, 5) is 8.26. The number of pyridine rings is 1. The van der Waals surface area contributed by atoms with Crippen molar-refractivity contribution in [3.05, 3.63) is 35.2 Å². The Bertz CT molecular complexity index is 455. The SMILES string of the molecule is CNCc1csc(-c2ncccc2F)n1. The first-order chi connectivity index (χ1) is 7.31. The third kappa shape index (κ3) is 2.19. The van der Waals surface area contributed by atoms with Crippen LogP contribution in [-0.2, 0) is 6.54 Å². The van der Waals surface area contributed by atoms with Crippen molar-refractivity contribution in [1.82, 2.24) is 15.3 Å². The van der Waals surface area contributed by atoms with Gasteiger partial charge in [-0.3, -0.25) is 4.98 Å². The zero-order valence-corrected chi connectivity index (χ0v) is 9.01. The molecule has 0 unspecified atom stereocenters. The van der Waals surface area contributed by atoms with Crippen molar-refractivity contribution in [2.45, 2.75) is 6.54 Å². The Morgan fingerprint density at radius 1 is 1.53 bits per heavy atom. The molecule has 1 N–H and O–H groups in total. The summed E-state index contributed by atoms with van der Waals surface area (Å²) in [5, 5.41) is 5.52. The van der Waals surface area contributed by atoms with Gasteiger partial charge in [-0.25, -0.2) is 9.37 Å². The third-order valence-electron chi connectivity index (χ3n) is 1.87. The molecule has 78 valence electrons. The lowest BCUT2D eigenvalue weighted by atomic mass is 10.3. The molecule has 0 aliphatic carbocycles. The Hall–Kier alpha value is -1.33. The van der Waals surface area contributed by atoms with E-state index in [0.29, 0.717) is 17.2 Å². The van der Waals surface area contributed by atoms with Crippen molar-refractivity contribution >= 4 is 11.3 Å². The van der Waals surface area contributed by atoms with Gasteiger partial charge in [0, 0.05) is 18.1 Å². The lowest BCUT2D eigenvalue weighted by Gasteiger charge is -1.96. The van der Waals surface area contributed by atoms with Crippen LogP contribution in [0.2, 0.25) is 0 Å². The van der Waals surface area contributed by atoms with Crippen LogP contribution in [0.1, 0.15) is 5.69 Å². The molecule has 2 aromatic rings. The van der Waals surface area contributed by atoms with Gasteiger partial charge in [0.15, 0.2) is 5.82 Å². The van der Waals surface area contributed by atoms with Gasteiger partial charge in [-0.05, 0) is 19.2 Å². The average Bonchev–Trinajstić information content (AvgIpc) is 2.68. The molecule has 2 rings (SSSR count). The second-order valence-electron chi connectivity index (χ2n) is 3.01. The van der Waals surface area contributed by atoms with E-state index in [-0.39, 0.29) is 5.82 Å². The summed E-state index contributed by atoms with van der Waals surface area (Å²) < 4.78 is 13.4. The highest BCUT2D eigenvalue weighted by Crippen LogP contribution is 2.23. The van der Waals surface area contributed by atoms with Crippen LogP contribution in [0.15, 0.2) is 23.7 Å². The molecule has 0 bridgehead atoms. The van der Waals surface area contributed by atoms with Crippen molar-refractivity contribution in [1.29, 1.82) is 0 Å². The number of nitrogens with zero attached hydrogens (tertiary/aromatic N) is 2. The zero-order chi connectivity index (χ0) is 10.7. The van der Waals surface area contributed by atoms with E-state index in [4.69, 9.17) is 0 Å². The van der Waals surface area contributed by atoms with Gasteiger partial charge in [-0.15, -0.1) is 11.3 Å². The minimum Gasteiger partial charge on any atom is -0.314 e. The monoisotopic (exact) mass is 223 g/mol. The number of thiazole rings is 1. The second kappa shape index (κ2) is 4.46. The van der Waals surface area contributed by atoms with Gasteiger partial charge in [0.05, 0.1) is 5.69 Å². The van der Waals surface area contributed by atoms with Crippen molar-refractivity contribution in [3.63, 3.8) is 0 Å². The van der Waals surface area contributed by atoms with Crippen molar-refractivity contribution in [2.75, 3.05) is 7.05 Å². The molecule has 0 aliphatic heterocycles. The van der Waals surface area contributed by atoms with Crippen LogP contribution in [0.5, 0.6) is 0 Å². The molecule has 0 aliphatic rings. The van der Waals surface area contributed by atoms with E-state index in [1.807, 2.05) is 12.4 Å². The fraction of sp³-hybridized carbons (Fsp3) is 0.200. The van der Waals surface area contributed by atoms with E-state index >= 15 is 0 Å². The molecule has 3 nitrogen and oxygen atoms in total. The number of hydrogen-bond acceptors (Lipinski definition) is 4. The largest absolute Gasteiger partial charge is 0.314 e. The zero-order valence-electron chi connectivity index (χ0n) is 8.20. The summed E-state index contributed by atoms with van der Waals surface area (Å²) in [6, 6.07) is 2.96. The predicted molar refractivity (Wildman–Crippen MR) is 58.1 cm³/mol. The average molecular weight is 223 g/mol. The molecule has 0 saturated heterocycles. The first-order valence-corrected chi connectivity index (χ1v) is 5.39. The summed E-state index contributed by atoms with van der Waals surface area (Å²) in [5.41, 5.74) is 1.23. The molecule has 0 atom stereocenters. The van der Waals surface area contributed by atoms with Gasteiger partial charge in [0.2, 0.25) is 0 Å². The van der Waals surface area contributed by atoms with Crippen LogP contribution in [0, 0.1) is 5.82 Å². The van der Waals surface area contributed by atoms with Crippen LogP contribution in [0.3, 0.4) is 0 Å². The molecule has 0 spiro atoms. The number of rotatable bonds is 3. The molecular formula is C10H10FN3S. The topological polar surface area (TPSA) is 37.8 Å². The quantitative estimate of drug-likeness (QED) is 0.865. The summed E-state index contributed by atoms with van der Waals surface area (Å²) in [5.74, 6) is -0.331. The maximum Gasteiger partial charge on any atom is 0.151 e. The van der Waals surface area contributed by atoms with Crippen LogP contribution in [0.25, 0.3) is 10.7 Å². The standard InChI is InChI=1S/C10H10FN3S/c1-12-5-7-6-15-10(14-7)9-8(11)3-2-4-13-9/h2-4,6,12H,5H2,1H3. The Morgan fingerprint density at radius 3 is 3.13 bits per heavy atom. The first-order valence-electron chi connectivity index (χ1n) is 4.51. The molecule has 0 aromatic carbocycles. The predicted octanol–water partition coefficient (Wildman–Crippen LogP) is 2.06. The Morgan fingerprint density at radius 2 is 2.40 bits per heavy atom. The highest BCUT2D eigenvalue weighted by molar-refractivity contribution is 7.13. The number of nitrogens with one attached hydrogen (secondary N) is 1. The van der Waals surface area contributed by atoms with Gasteiger partial charge in [-0.1, -0.05) is 0 Å². The molecule has 0 saturated carbocycles. The van der Waals surface area contributed by atoms with Crippen LogP contribution in [-0.4, -0.2) is 17.0 Å². The first kappa shape index (κ1) is 10.2. The number of aromatic nitrogens is 2. The second-order valence-corrected chi connectivity index (χ2v) is 3.87. The molecule has 5 heteroatoms. The smallest absolute Gasteiger partial charge is 0.151 e. The minimum atomic E-state index is -0.331. The minimum absolute atomic E-state index is 0.324. The maximum absolute atomic E-state index is 13.4. The Labute approximate surface area is 91.0 Å². The van der Waals surface area contributed by atoms with E-state index in [1.165, 1.54) is 17.4 Å². The fourth-order valence-corrected chi connectivity index (χ4v) is 2.04. The van der Waals surface area contributed by atoms with E-state index < -0.39 is 0 Å². The van der Waals surface area contributed by atoms with E-state index in [1.54, 1.807) is 12.3 Å². The van der Waals surface area contributed by atoms with Crippen molar-refractivity contribution < 1.29 is 4.39 Å². The van der Waals surface area contributed by atoms with E-state index in [0.717, 1.165) is 5.69 Å². The van der Waals surface area contributed by atoms with Crippen LogP contribution < -0.4 is 5.32 Å². The van der Waals surface area contributed by atoms with Crippen LogP contribution in [0.4, 0.5) is 4.39 Å². The fourth-order valence-electron chi connectivity index (χ4n) is 1.22. The molecule has 0 fully saturated rings. The summed E-state index contributed by atoms with van der Waals surface area (Å²) in [6.07, 6.45) is 1.57. The Kier molecular flexibility index (Phi) is 3.03. The van der Waals surface area contributed by atoms with Gasteiger partial charge >= 0.3 is 0 Å². The highest BCUT2D eigenvalue weighted by Gasteiger charge is 2.09. The maximum atomic E-state index is 13.4. The van der Waals surface area contributed by atoms with Gasteiger partial charge in [-0.2, -0.15) is 0 Å². The lowest BCUT2D eigenvalue weighted by Crippen LogP contribution is -2.05. The molecule has 0 amide bonds. The van der Waals surface area contributed by atoms with E-state index in [9.17, 15) is 4.39 Å². The van der Waals surface area contributed by atoms with Gasteiger partial charge in [0.1, 0.15) is 10.7 Å². The molecular weight excluding hydrogens is 213 g/mol. The third-order valence-corrected chi connectivity index (χ3v) is 2.77. The van der Waals surface area contributed by atoms with Crippen molar-refractivity contribution in [2.24, 2.45) is 0 Å². The highest BCUT2D eigenvalue weighted by atomic mass is 32.1. The summed E-state index contributed by atoms with van der Waals surface area (Å²) >= 11 is 1.40. The summed E-state index contributed by atoms with van der Waals surface area (Å²) in [7, 11) is 1.85. The number of hydrogen-bond donors (Lipinski definition) is 1. The molecule has 2 aromatic heterocycles. The molecule has 2 heterocycles. The Balaban J connectivity index is 2.33. The van der Waals surface area contributed by atoms with Crippen molar-refractivity contribution in [3.8, 4) is 10.7 Å².